The summed E-state index contributed by atoms with van der Waals surface area (Å²) in [6, 6.07) is 9.93. The van der Waals surface area contributed by atoms with Gasteiger partial charge in [0.2, 0.25) is 0 Å². The SMILES string of the molecule is CCC(C)(C)NC(=S)Nc1ccccc1. The maximum atomic E-state index is 5.23. The molecule has 0 bridgehead atoms. The molecule has 0 saturated heterocycles. The monoisotopic (exact) mass is 222 g/mol. The van der Waals surface area contributed by atoms with Crippen molar-refractivity contribution >= 4 is 23.0 Å². The van der Waals surface area contributed by atoms with E-state index in [2.05, 4.69) is 31.4 Å². The van der Waals surface area contributed by atoms with E-state index in [9.17, 15) is 0 Å². The minimum absolute atomic E-state index is 0.0405. The lowest BCUT2D eigenvalue weighted by molar-refractivity contribution is 0.448. The van der Waals surface area contributed by atoms with Crippen LogP contribution in [0.15, 0.2) is 30.3 Å². The Morgan fingerprint density at radius 3 is 2.40 bits per heavy atom. The number of rotatable bonds is 3. The van der Waals surface area contributed by atoms with Crippen LogP contribution >= 0.6 is 12.2 Å². The minimum Gasteiger partial charge on any atom is -0.358 e. The maximum absolute atomic E-state index is 5.23. The molecule has 0 saturated carbocycles. The Bertz CT molecular complexity index is 320. The Labute approximate surface area is 97.1 Å². The zero-order valence-electron chi connectivity index (χ0n) is 9.50. The number of benzene rings is 1. The van der Waals surface area contributed by atoms with Crippen LogP contribution in [0.3, 0.4) is 0 Å². The summed E-state index contributed by atoms with van der Waals surface area (Å²) in [6.07, 6.45) is 1.03. The van der Waals surface area contributed by atoms with E-state index in [1.54, 1.807) is 0 Å². The summed E-state index contributed by atoms with van der Waals surface area (Å²) in [5, 5.41) is 7.10. The van der Waals surface area contributed by atoms with Crippen molar-refractivity contribution in [2.24, 2.45) is 0 Å². The van der Waals surface area contributed by atoms with Crippen molar-refractivity contribution in [2.75, 3.05) is 5.32 Å². The highest BCUT2D eigenvalue weighted by Crippen LogP contribution is 2.09. The van der Waals surface area contributed by atoms with Gasteiger partial charge in [0, 0.05) is 11.2 Å². The van der Waals surface area contributed by atoms with E-state index in [1.807, 2.05) is 30.3 Å². The van der Waals surface area contributed by atoms with Gasteiger partial charge in [-0.3, -0.25) is 0 Å². The van der Waals surface area contributed by atoms with E-state index in [-0.39, 0.29) is 5.54 Å². The lowest BCUT2D eigenvalue weighted by Gasteiger charge is -2.26. The molecule has 0 aliphatic carbocycles. The molecule has 3 heteroatoms. The molecule has 82 valence electrons. The lowest BCUT2D eigenvalue weighted by Crippen LogP contribution is -2.44. The zero-order valence-corrected chi connectivity index (χ0v) is 10.3. The van der Waals surface area contributed by atoms with Crippen LogP contribution in [0, 0.1) is 0 Å². The molecule has 0 fully saturated rings. The molecule has 0 aromatic heterocycles. The molecule has 1 rings (SSSR count). The first kappa shape index (κ1) is 12.0. The van der Waals surface area contributed by atoms with Crippen molar-refractivity contribution in [1.29, 1.82) is 0 Å². The molecule has 0 aliphatic rings. The molecule has 0 amide bonds. The molecule has 0 atom stereocenters. The van der Waals surface area contributed by atoms with Crippen molar-refractivity contribution in [3.63, 3.8) is 0 Å². The number of hydrogen-bond acceptors (Lipinski definition) is 1. The minimum atomic E-state index is 0.0405. The Kier molecular flexibility index (Phi) is 4.09. The molecule has 1 aromatic carbocycles. The lowest BCUT2D eigenvalue weighted by atomic mass is 10.0. The largest absolute Gasteiger partial charge is 0.358 e. The van der Waals surface area contributed by atoms with Crippen molar-refractivity contribution < 1.29 is 0 Å². The van der Waals surface area contributed by atoms with Crippen LogP contribution in [-0.4, -0.2) is 10.7 Å². The van der Waals surface area contributed by atoms with Gasteiger partial charge in [0.05, 0.1) is 0 Å². The third-order valence-electron chi connectivity index (χ3n) is 2.37. The highest BCUT2D eigenvalue weighted by Gasteiger charge is 2.15. The van der Waals surface area contributed by atoms with Gasteiger partial charge in [0.1, 0.15) is 0 Å². The number of thiocarbonyl (C=S) groups is 1. The van der Waals surface area contributed by atoms with Gasteiger partial charge >= 0.3 is 0 Å². The predicted octanol–water partition coefficient (Wildman–Crippen LogP) is 3.16. The molecule has 15 heavy (non-hydrogen) atoms. The van der Waals surface area contributed by atoms with Gasteiger partial charge in [-0.25, -0.2) is 0 Å². The van der Waals surface area contributed by atoms with Crippen LogP contribution in [0.5, 0.6) is 0 Å². The van der Waals surface area contributed by atoms with Gasteiger partial charge in [-0.05, 0) is 44.6 Å². The van der Waals surface area contributed by atoms with Crippen LogP contribution < -0.4 is 10.6 Å². The summed E-state index contributed by atoms with van der Waals surface area (Å²) >= 11 is 5.23. The van der Waals surface area contributed by atoms with E-state index in [0.717, 1.165) is 12.1 Å². The van der Waals surface area contributed by atoms with E-state index in [0.29, 0.717) is 5.11 Å². The van der Waals surface area contributed by atoms with Gasteiger partial charge in [-0.1, -0.05) is 25.1 Å². The summed E-state index contributed by atoms with van der Waals surface area (Å²) in [5.41, 5.74) is 1.06. The van der Waals surface area contributed by atoms with Gasteiger partial charge in [0.15, 0.2) is 5.11 Å². The molecule has 1 aromatic rings. The van der Waals surface area contributed by atoms with Crippen LogP contribution in [0.4, 0.5) is 5.69 Å². The van der Waals surface area contributed by atoms with Crippen molar-refractivity contribution in [3.05, 3.63) is 30.3 Å². The standard InChI is InChI=1S/C12H18N2S/c1-4-12(2,3)14-11(15)13-10-8-6-5-7-9-10/h5-9H,4H2,1-3H3,(H2,13,14,15). The van der Waals surface area contributed by atoms with Gasteiger partial charge in [-0.15, -0.1) is 0 Å². The average molecular weight is 222 g/mol. The van der Waals surface area contributed by atoms with Crippen molar-refractivity contribution in [2.45, 2.75) is 32.7 Å². The summed E-state index contributed by atoms with van der Waals surface area (Å²) in [7, 11) is 0. The van der Waals surface area contributed by atoms with E-state index in [4.69, 9.17) is 12.2 Å². The topological polar surface area (TPSA) is 24.1 Å². The van der Waals surface area contributed by atoms with Crippen LogP contribution in [-0.2, 0) is 0 Å². The molecule has 0 heterocycles. The summed E-state index contributed by atoms with van der Waals surface area (Å²) < 4.78 is 0. The fraction of sp³-hybridized carbons (Fsp3) is 0.417. The Hall–Kier alpha value is -1.09. The highest BCUT2D eigenvalue weighted by molar-refractivity contribution is 7.80. The van der Waals surface area contributed by atoms with E-state index < -0.39 is 0 Å². The molecule has 0 unspecified atom stereocenters. The molecular weight excluding hydrogens is 204 g/mol. The van der Waals surface area contributed by atoms with Gasteiger partial charge < -0.3 is 10.6 Å². The maximum Gasteiger partial charge on any atom is 0.171 e. The molecule has 2 N–H and O–H groups in total. The van der Waals surface area contributed by atoms with Gasteiger partial charge in [-0.2, -0.15) is 0 Å². The molecule has 0 radical (unpaired) electrons. The highest BCUT2D eigenvalue weighted by atomic mass is 32.1. The molecule has 0 spiro atoms. The number of nitrogens with one attached hydrogen (secondary N) is 2. The normalized spacial score (nSPS) is 10.9. The first-order valence-corrected chi connectivity index (χ1v) is 5.58. The molecule has 2 nitrogen and oxygen atoms in total. The second-order valence-corrected chi connectivity index (χ2v) is 4.59. The average Bonchev–Trinajstić information content (AvgIpc) is 2.18. The quantitative estimate of drug-likeness (QED) is 0.768. The molecule has 0 aliphatic heterocycles. The van der Waals surface area contributed by atoms with Crippen LogP contribution in [0.1, 0.15) is 27.2 Å². The fourth-order valence-electron chi connectivity index (χ4n) is 1.08. The predicted molar refractivity (Wildman–Crippen MR) is 70.2 cm³/mol. The molecular formula is C12H18N2S. The second kappa shape index (κ2) is 5.12. The Morgan fingerprint density at radius 2 is 1.87 bits per heavy atom. The third kappa shape index (κ3) is 4.30. The van der Waals surface area contributed by atoms with Crippen molar-refractivity contribution in [3.8, 4) is 0 Å². The first-order valence-electron chi connectivity index (χ1n) is 5.18. The summed E-state index contributed by atoms with van der Waals surface area (Å²) in [5.74, 6) is 0. The zero-order chi connectivity index (χ0) is 11.3. The summed E-state index contributed by atoms with van der Waals surface area (Å²) in [4.78, 5) is 0. The van der Waals surface area contributed by atoms with E-state index in [1.165, 1.54) is 0 Å². The van der Waals surface area contributed by atoms with Crippen LogP contribution in [0.2, 0.25) is 0 Å². The first-order chi connectivity index (χ1) is 7.03. The smallest absolute Gasteiger partial charge is 0.171 e. The summed E-state index contributed by atoms with van der Waals surface area (Å²) in [6.45, 7) is 6.40. The number of para-hydroxylation sites is 1. The van der Waals surface area contributed by atoms with E-state index >= 15 is 0 Å². The number of anilines is 1. The van der Waals surface area contributed by atoms with Crippen LogP contribution in [0.25, 0.3) is 0 Å². The Morgan fingerprint density at radius 1 is 1.27 bits per heavy atom. The van der Waals surface area contributed by atoms with Crippen molar-refractivity contribution in [1.82, 2.24) is 5.32 Å². The van der Waals surface area contributed by atoms with Gasteiger partial charge in [0.25, 0.3) is 0 Å². The number of hydrogen-bond donors (Lipinski definition) is 2. The third-order valence-corrected chi connectivity index (χ3v) is 2.57. The fourth-order valence-corrected chi connectivity index (χ4v) is 1.47. The Balaban J connectivity index is 2.51. The second-order valence-electron chi connectivity index (χ2n) is 4.18.